The van der Waals surface area contributed by atoms with Gasteiger partial charge in [0.15, 0.2) is 17.3 Å². The van der Waals surface area contributed by atoms with Crippen LogP contribution in [-0.4, -0.2) is 33.9 Å². The molecule has 1 N–H and O–H groups in total. The average molecular weight is 452 g/mol. The summed E-state index contributed by atoms with van der Waals surface area (Å²) in [6.45, 7) is 1.42. The quantitative estimate of drug-likeness (QED) is 0.573. The van der Waals surface area contributed by atoms with E-state index in [-0.39, 0.29) is 34.3 Å². The molecule has 0 aromatic heterocycles. The number of hydrogen-bond acceptors (Lipinski definition) is 6. The van der Waals surface area contributed by atoms with Crippen LogP contribution in [0.4, 0.5) is 11.4 Å². The van der Waals surface area contributed by atoms with Crippen molar-refractivity contribution in [3.63, 3.8) is 0 Å². The minimum absolute atomic E-state index is 0.0391. The Morgan fingerprint density at radius 2 is 1.56 bits per heavy atom. The minimum atomic E-state index is -3.79. The van der Waals surface area contributed by atoms with Crippen molar-refractivity contribution in [1.82, 2.24) is 0 Å². The molecular weight excluding hydrogens is 432 g/mol. The zero-order valence-corrected chi connectivity index (χ0v) is 18.2. The Kier molecular flexibility index (Phi) is 5.58. The lowest BCUT2D eigenvalue weighted by molar-refractivity contribution is 0.101. The summed E-state index contributed by atoms with van der Waals surface area (Å²) in [5, 5.41) is 2.69. The third-order valence-corrected chi connectivity index (χ3v) is 6.83. The van der Waals surface area contributed by atoms with Crippen LogP contribution < -0.4 is 19.1 Å². The van der Waals surface area contributed by atoms with Crippen LogP contribution in [0.25, 0.3) is 0 Å². The van der Waals surface area contributed by atoms with Gasteiger partial charge in [0.2, 0.25) is 6.79 Å². The summed E-state index contributed by atoms with van der Waals surface area (Å²) in [7, 11) is -2.33. The summed E-state index contributed by atoms with van der Waals surface area (Å²) in [5.74, 6) is 0.122. The van der Waals surface area contributed by atoms with E-state index in [9.17, 15) is 18.0 Å². The molecule has 8 nitrogen and oxygen atoms in total. The Morgan fingerprint density at radius 1 is 0.938 bits per heavy atom. The molecule has 1 aliphatic rings. The number of carbonyl (C=O) groups is 2. The molecule has 0 bridgehead atoms. The molecule has 1 amide bonds. The molecule has 9 heteroatoms. The lowest BCUT2D eigenvalue weighted by Crippen LogP contribution is -2.26. The molecule has 0 saturated heterocycles. The van der Waals surface area contributed by atoms with E-state index in [0.29, 0.717) is 17.2 Å². The van der Waals surface area contributed by atoms with E-state index in [1.165, 1.54) is 54.7 Å². The van der Waals surface area contributed by atoms with Crippen LogP contribution in [-0.2, 0) is 10.0 Å². The molecule has 0 fully saturated rings. The van der Waals surface area contributed by atoms with E-state index in [4.69, 9.17) is 9.47 Å². The van der Waals surface area contributed by atoms with E-state index < -0.39 is 15.9 Å². The Hall–Kier alpha value is -3.85. The lowest BCUT2D eigenvalue weighted by Gasteiger charge is -2.19. The van der Waals surface area contributed by atoms with Crippen LogP contribution in [0.15, 0.2) is 71.6 Å². The van der Waals surface area contributed by atoms with Crippen molar-refractivity contribution >= 4 is 33.1 Å². The van der Waals surface area contributed by atoms with E-state index in [1.54, 1.807) is 30.3 Å². The number of anilines is 2. The molecular formula is C23H20N2O6S. The molecule has 1 heterocycles. The van der Waals surface area contributed by atoms with Crippen molar-refractivity contribution in [3.05, 3.63) is 77.9 Å². The van der Waals surface area contributed by atoms with Crippen LogP contribution in [0.1, 0.15) is 27.6 Å². The van der Waals surface area contributed by atoms with Crippen molar-refractivity contribution in [2.45, 2.75) is 11.8 Å². The highest BCUT2D eigenvalue weighted by atomic mass is 32.2. The summed E-state index contributed by atoms with van der Waals surface area (Å²) in [5.41, 5.74) is 1.32. The number of amides is 1. The maximum Gasteiger partial charge on any atom is 0.264 e. The zero-order valence-electron chi connectivity index (χ0n) is 17.4. The van der Waals surface area contributed by atoms with Crippen molar-refractivity contribution in [1.29, 1.82) is 0 Å². The number of ether oxygens (including phenoxy) is 2. The number of rotatable bonds is 6. The third kappa shape index (κ3) is 4.02. The topological polar surface area (TPSA) is 102 Å². The fourth-order valence-corrected chi connectivity index (χ4v) is 4.44. The summed E-state index contributed by atoms with van der Waals surface area (Å²) in [6.07, 6.45) is 0. The van der Waals surface area contributed by atoms with E-state index in [0.717, 1.165) is 0 Å². The first-order chi connectivity index (χ1) is 15.3. The van der Waals surface area contributed by atoms with Crippen molar-refractivity contribution in [2.75, 3.05) is 23.5 Å². The molecule has 4 rings (SSSR count). The highest BCUT2D eigenvalue weighted by Crippen LogP contribution is 2.37. The van der Waals surface area contributed by atoms with Crippen LogP contribution in [0.2, 0.25) is 0 Å². The van der Waals surface area contributed by atoms with Gasteiger partial charge in [0.1, 0.15) is 0 Å². The molecule has 0 saturated carbocycles. The minimum Gasteiger partial charge on any atom is -0.454 e. The summed E-state index contributed by atoms with van der Waals surface area (Å²) < 4.78 is 37.6. The molecule has 0 unspecified atom stereocenters. The maximum atomic E-state index is 12.9. The predicted octanol–water partition coefficient (Wildman–Crippen LogP) is 3.70. The van der Waals surface area contributed by atoms with Gasteiger partial charge in [-0.1, -0.05) is 18.2 Å². The number of nitrogens with one attached hydrogen (secondary N) is 1. The van der Waals surface area contributed by atoms with Crippen LogP contribution in [0.3, 0.4) is 0 Å². The number of hydrogen-bond donors (Lipinski definition) is 1. The van der Waals surface area contributed by atoms with Crippen molar-refractivity contribution < 1.29 is 27.5 Å². The molecule has 3 aromatic rings. The van der Waals surface area contributed by atoms with Gasteiger partial charge in [-0.3, -0.25) is 13.9 Å². The van der Waals surface area contributed by atoms with Crippen LogP contribution in [0, 0.1) is 0 Å². The molecule has 0 spiro atoms. The monoisotopic (exact) mass is 452 g/mol. The smallest absolute Gasteiger partial charge is 0.264 e. The molecule has 0 radical (unpaired) electrons. The molecule has 0 aliphatic carbocycles. The normalized spacial score (nSPS) is 12.3. The number of carbonyl (C=O) groups excluding carboxylic acids is 2. The molecule has 3 aromatic carbocycles. The zero-order chi connectivity index (χ0) is 22.9. The number of benzene rings is 3. The van der Waals surface area contributed by atoms with Crippen LogP contribution >= 0.6 is 0 Å². The molecule has 1 aliphatic heterocycles. The molecule has 32 heavy (non-hydrogen) atoms. The van der Waals surface area contributed by atoms with Gasteiger partial charge in [-0.05, 0) is 49.4 Å². The summed E-state index contributed by atoms with van der Waals surface area (Å²) in [4.78, 5) is 24.8. The number of nitrogens with zero attached hydrogens (tertiary/aromatic N) is 1. The second-order valence-electron chi connectivity index (χ2n) is 7.09. The van der Waals surface area contributed by atoms with E-state index in [2.05, 4.69) is 5.32 Å². The Labute approximate surface area is 185 Å². The predicted molar refractivity (Wildman–Crippen MR) is 119 cm³/mol. The first kappa shape index (κ1) is 21.4. The van der Waals surface area contributed by atoms with Gasteiger partial charge in [0.25, 0.3) is 15.9 Å². The number of para-hydroxylation sites is 1. The fourth-order valence-electron chi connectivity index (χ4n) is 3.24. The number of sulfonamides is 1. The molecule has 164 valence electrons. The van der Waals surface area contributed by atoms with Gasteiger partial charge in [-0.15, -0.1) is 0 Å². The highest BCUT2D eigenvalue weighted by molar-refractivity contribution is 7.92. The first-order valence-corrected chi connectivity index (χ1v) is 11.1. The highest BCUT2D eigenvalue weighted by Gasteiger charge is 2.23. The van der Waals surface area contributed by atoms with Gasteiger partial charge >= 0.3 is 0 Å². The van der Waals surface area contributed by atoms with E-state index in [1.807, 2.05) is 0 Å². The lowest BCUT2D eigenvalue weighted by atomic mass is 10.1. The van der Waals surface area contributed by atoms with Crippen molar-refractivity contribution in [2.24, 2.45) is 0 Å². The second-order valence-corrected chi connectivity index (χ2v) is 9.06. The van der Waals surface area contributed by atoms with E-state index >= 15 is 0 Å². The van der Waals surface area contributed by atoms with Gasteiger partial charge in [0, 0.05) is 24.2 Å². The van der Waals surface area contributed by atoms with Gasteiger partial charge in [0.05, 0.1) is 16.3 Å². The van der Waals surface area contributed by atoms with Crippen LogP contribution in [0.5, 0.6) is 11.5 Å². The largest absolute Gasteiger partial charge is 0.454 e. The first-order valence-electron chi connectivity index (χ1n) is 9.67. The van der Waals surface area contributed by atoms with Crippen molar-refractivity contribution in [3.8, 4) is 11.5 Å². The SMILES string of the molecule is CC(=O)c1cc2c(cc1NC(=O)c1ccc(S(=O)(=O)N(C)c3ccccc3)cc1)OCO2. The van der Waals surface area contributed by atoms with Gasteiger partial charge < -0.3 is 14.8 Å². The fraction of sp³-hybridized carbons (Fsp3) is 0.130. The van der Waals surface area contributed by atoms with Gasteiger partial charge in [-0.25, -0.2) is 8.42 Å². The third-order valence-electron chi connectivity index (χ3n) is 5.03. The average Bonchev–Trinajstić information content (AvgIpc) is 3.26. The number of ketones is 1. The Morgan fingerprint density at radius 3 is 2.19 bits per heavy atom. The maximum absolute atomic E-state index is 12.9. The number of fused-ring (bicyclic) bond motifs is 1. The second kappa shape index (κ2) is 8.35. The number of Topliss-reactive ketones (excluding diaryl/α,β-unsaturated/α-hetero) is 1. The summed E-state index contributed by atoms with van der Waals surface area (Å²) >= 11 is 0. The Balaban J connectivity index is 1.56. The standard InChI is InChI=1S/C23H20N2O6S/c1-15(26)19-12-21-22(31-14-30-21)13-20(19)24-23(27)16-8-10-18(11-9-16)32(28,29)25(2)17-6-4-3-5-7-17/h3-13H,14H2,1-2H3,(H,24,27). The van der Waals surface area contributed by atoms with Gasteiger partial charge in [-0.2, -0.15) is 0 Å². The Bertz CT molecular complexity index is 1290. The summed E-state index contributed by atoms with van der Waals surface area (Å²) in [6, 6.07) is 17.3. The molecule has 0 atom stereocenters.